The highest BCUT2D eigenvalue weighted by Gasteiger charge is 2.38. The molecule has 22 heavy (non-hydrogen) atoms. The van der Waals surface area contributed by atoms with Gasteiger partial charge in [0.1, 0.15) is 17.1 Å². The van der Waals surface area contributed by atoms with Crippen LogP contribution in [0.15, 0.2) is 24.3 Å². The zero-order valence-corrected chi connectivity index (χ0v) is 12.1. The summed E-state index contributed by atoms with van der Waals surface area (Å²) in [5.74, 6) is -1.08. The highest BCUT2D eigenvalue weighted by molar-refractivity contribution is 6.08. The Morgan fingerprint density at radius 1 is 0.955 bits per heavy atom. The molecule has 0 radical (unpaired) electrons. The van der Waals surface area contributed by atoms with Crippen molar-refractivity contribution in [1.82, 2.24) is 0 Å². The minimum absolute atomic E-state index is 0.00567. The lowest BCUT2D eigenvalue weighted by atomic mass is 9.97. The van der Waals surface area contributed by atoms with Crippen LogP contribution in [0.4, 0.5) is 13.2 Å². The summed E-state index contributed by atoms with van der Waals surface area (Å²) in [6, 6.07) is 5.19. The zero-order valence-electron chi connectivity index (χ0n) is 12.1. The van der Waals surface area contributed by atoms with E-state index in [-0.39, 0.29) is 27.8 Å². The van der Waals surface area contributed by atoms with E-state index in [1.54, 1.807) is 0 Å². The Kier molecular flexibility index (Phi) is 4.16. The number of rotatable bonds is 3. The summed E-state index contributed by atoms with van der Waals surface area (Å²) in [6.45, 7) is 0. The van der Waals surface area contributed by atoms with Gasteiger partial charge in [-0.15, -0.1) is 0 Å². The van der Waals surface area contributed by atoms with Crippen LogP contribution in [0.25, 0.3) is 10.8 Å². The first-order valence-electron chi connectivity index (χ1n) is 6.18. The predicted molar refractivity (Wildman–Crippen MR) is 73.4 cm³/mol. The summed E-state index contributed by atoms with van der Waals surface area (Å²) in [7, 11) is 3.56. The van der Waals surface area contributed by atoms with E-state index < -0.39 is 17.7 Å². The van der Waals surface area contributed by atoms with Crippen LogP contribution >= 0.6 is 0 Å². The number of carbonyl (C=O) groups is 1. The zero-order chi connectivity index (χ0) is 16.5. The Bertz CT molecular complexity index is 723. The van der Waals surface area contributed by atoms with Gasteiger partial charge in [-0.2, -0.15) is 13.2 Å². The minimum atomic E-state index is -4.67. The van der Waals surface area contributed by atoms with Gasteiger partial charge in [-0.3, -0.25) is 0 Å². The van der Waals surface area contributed by atoms with Gasteiger partial charge in [0.25, 0.3) is 0 Å². The van der Waals surface area contributed by atoms with Crippen molar-refractivity contribution in [1.29, 1.82) is 0 Å². The summed E-state index contributed by atoms with van der Waals surface area (Å²) >= 11 is 0. The Hall–Kier alpha value is -2.44. The van der Waals surface area contributed by atoms with E-state index in [1.807, 2.05) is 0 Å². The van der Waals surface area contributed by atoms with E-state index in [4.69, 9.17) is 9.47 Å². The minimum Gasteiger partial charge on any atom is -0.496 e. The molecule has 7 heteroatoms. The van der Waals surface area contributed by atoms with Gasteiger partial charge in [-0.25, -0.2) is 4.79 Å². The maximum absolute atomic E-state index is 13.4. The molecule has 0 unspecified atom stereocenters. The van der Waals surface area contributed by atoms with E-state index in [0.29, 0.717) is 0 Å². The molecule has 2 aromatic carbocycles. The molecule has 2 rings (SSSR count). The third-order valence-corrected chi connectivity index (χ3v) is 3.23. The number of esters is 1. The molecular weight excluding hydrogens is 301 g/mol. The molecule has 0 saturated carbocycles. The molecule has 0 aliphatic rings. The monoisotopic (exact) mass is 314 g/mol. The maximum Gasteiger partial charge on any atom is 0.420 e. The van der Waals surface area contributed by atoms with E-state index in [1.165, 1.54) is 25.3 Å². The largest absolute Gasteiger partial charge is 0.496 e. The molecule has 0 heterocycles. The van der Waals surface area contributed by atoms with Crippen molar-refractivity contribution in [3.63, 3.8) is 0 Å². The molecule has 0 aliphatic heterocycles. The number of ether oxygens (including phenoxy) is 3. The molecular formula is C15H13F3O4. The van der Waals surface area contributed by atoms with Gasteiger partial charge in [0, 0.05) is 10.8 Å². The van der Waals surface area contributed by atoms with Crippen LogP contribution in [-0.2, 0) is 10.9 Å². The second kappa shape index (κ2) is 5.75. The third-order valence-electron chi connectivity index (χ3n) is 3.23. The van der Waals surface area contributed by atoms with Crippen LogP contribution < -0.4 is 9.47 Å². The Labute approximate surface area is 124 Å². The number of hydrogen-bond acceptors (Lipinski definition) is 4. The molecule has 0 fully saturated rings. The summed E-state index contributed by atoms with van der Waals surface area (Å²) in [5.41, 5.74) is -0.971. The Morgan fingerprint density at radius 2 is 1.55 bits per heavy atom. The summed E-state index contributed by atoms with van der Waals surface area (Å²) < 4.78 is 54.8. The van der Waals surface area contributed by atoms with E-state index in [2.05, 4.69) is 4.74 Å². The number of carbonyl (C=O) groups excluding carboxylic acids is 1. The molecule has 118 valence electrons. The highest BCUT2D eigenvalue weighted by atomic mass is 19.4. The van der Waals surface area contributed by atoms with Crippen LogP contribution in [-0.4, -0.2) is 27.3 Å². The predicted octanol–water partition coefficient (Wildman–Crippen LogP) is 3.66. The van der Waals surface area contributed by atoms with Gasteiger partial charge in [0.05, 0.1) is 26.9 Å². The maximum atomic E-state index is 13.4. The molecule has 0 bridgehead atoms. The lowest BCUT2D eigenvalue weighted by molar-refractivity contribution is -0.137. The van der Waals surface area contributed by atoms with Crippen LogP contribution in [0.1, 0.15) is 15.9 Å². The lowest BCUT2D eigenvalue weighted by Gasteiger charge is -2.18. The summed E-state index contributed by atoms with van der Waals surface area (Å²) in [6.07, 6.45) is -4.67. The number of fused-ring (bicyclic) bond motifs is 1. The molecule has 0 atom stereocenters. The number of methoxy groups -OCH3 is 3. The first-order chi connectivity index (χ1) is 10.3. The summed E-state index contributed by atoms with van der Waals surface area (Å²) in [4.78, 5) is 11.8. The van der Waals surface area contributed by atoms with Crippen LogP contribution in [0, 0.1) is 0 Å². The smallest absolute Gasteiger partial charge is 0.420 e. The highest BCUT2D eigenvalue weighted by Crippen LogP contribution is 2.45. The molecule has 2 aromatic rings. The average Bonchev–Trinajstić information content (AvgIpc) is 2.50. The second-order valence-corrected chi connectivity index (χ2v) is 4.37. The van der Waals surface area contributed by atoms with Crippen molar-refractivity contribution in [2.75, 3.05) is 21.3 Å². The normalized spacial score (nSPS) is 11.4. The van der Waals surface area contributed by atoms with Crippen LogP contribution in [0.3, 0.4) is 0 Å². The van der Waals surface area contributed by atoms with Gasteiger partial charge in [-0.1, -0.05) is 0 Å². The standard InChI is InChI=1S/C15H13F3O4/c1-20-10-6-5-9(14(19)22-3)8-4-7-11(21-2)13(12(8)10)15(16,17)18/h4-7H,1-3H3. The number of alkyl halides is 3. The second-order valence-electron chi connectivity index (χ2n) is 4.37. The van der Waals surface area contributed by atoms with Crippen LogP contribution in [0.5, 0.6) is 11.5 Å². The SMILES string of the molecule is COC(=O)c1ccc(OC)c2c(C(F)(F)F)c(OC)ccc12. The quantitative estimate of drug-likeness (QED) is 0.811. The Balaban J connectivity index is 2.98. The first-order valence-corrected chi connectivity index (χ1v) is 6.18. The molecule has 0 saturated heterocycles. The molecule has 4 nitrogen and oxygen atoms in total. The van der Waals surface area contributed by atoms with Crippen LogP contribution in [0.2, 0.25) is 0 Å². The van der Waals surface area contributed by atoms with Crippen molar-refractivity contribution in [2.24, 2.45) is 0 Å². The molecule has 0 amide bonds. The van der Waals surface area contributed by atoms with Crippen molar-refractivity contribution in [3.8, 4) is 11.5 Å². The molecule has 0 N–H and O–H groups in total. The van der Waals surface area contributed by atoms with Gasteiger partial charge >= 0.3 is 12.1 Å². The fourth-order valence-electron chi connectivity index (χ4n) is 2.31. The van der Waals surface area contributed by atoms with E-state index >= 15 is 0 Å². The molecule has 0 aromatic heterocycles. The van der Waals surface area contributed by atoms with Gasteiger partial charge < -0.3 is 14.2 Å². The molecule has 0 aliphatic carbocycles. The number of halogens is 3. The first kappa shape index (κ1) is 15.9. The summed E-state index contributed by atoms with van der Waals surface area (Å²) in [5, 5.41) is -0.156. The number of hydrogen-bond donors (Lipinski definition) is 0. The van der Waals surface area contributed by atoms with Crippen molar-refractivity contribution < 1.29 is 32.2 Å². The van der Waals surface area contributed by atoms with Gasteiger partial charge in [0.2, 0.25) is 0 Å². The average molecular weight is 314 g/mol. The lowest BCUT2D eigenvalue weighted by Crippen LogP contribution is -2.11. The third kappa shape index (κ3) is 2.54. The van der Waals surface area contributed by atoms with Gasteiger partial charge in [-0.05, 0) is 24.3 Å². The molecule has 0 spiro atoms. The topological polar surface area (TPSA) is 44.8 Å². The Morgan fingerprint density at radius 3 is 2.05 bits per heavy atom. The van der Waals surface area contributed by atoms with E-state index in [9.17, 15) is 18.0 Å². The fraction of sp³-hybridized carbons (Fsp3) is 0.267. The number of benzene rings is 2. The van der Waals surface area contributed by atoms with E-state index in [0.717, 1.165) is 20.3 Å². The van der Waals surface area contributed by atoms with Crippen molar-refractivity contribution >= 4 is 16.7 Å². The van der Waals surface area contributed by atoms with Crippen molar-refractivity contribution in [2.45, 2.75) is 6.18 Å². The fourth-order valence-corrected chi connectivity index (χ4v) is 2.31. The van der Waals surface area contributed by atoms with Crippen molar-refractivity contribution in [3.05, 3.63) is 35.4 Å². The van der Waals surface area contributed by atoms with Gasteiger partial charge in [0.15, 0.2) is 0 Å².